The SMILES string of the molecule is Cc1cc(-c2cc(O)cc(CC[C@H]3CCCCN3)c2)cnc1-n1cnnc1. The lowest BCUT2D eigenvalue weighted by molar-refractivity contribution is 0.382. The molecule has 3 heterocycles. The average Bonchev–Trinajstić information content (AvgIpc) is 3.21. The normalized spacial score (nSPS) is 17.1. The first-order valence-corrected chi connectivity index (χ1v) is 9.57. The number of hydrogen-bond donors (Lipinski definition) is 2. The van der Waals surface area contributed by atoms with Gasteiger partial charge in [0.1, 0.15) is 24.2 Å². The summed E-state index contributed by atoms with van der Waals surface area (Å²) < 4.78 is 1.80. The van der Waals surface area contributed by atoms with E-state index < -0.39 is 0 Å². The van der Waals surface area contributed by atoms with Crippen LogP contribution in [0.15, 0.2) is 43.1 Å². The van der Waals surface area contributed by atoms with E-state index in [2.05, 4.69) is 32.6 Å². The Labute approximate surface area is 159 Å². The van der Waals surface area contributed by atoms with Gasteiger partial charge in [0.2, 0.25) is 0 Å². The lowest BCUT2D eigenvalue weighted by Crippen LogP contribution is -2.34. The molecule has 1 aliphatic rings. The van der Waals surface area contributed by atoms with Gasteiger partial charge in [-0.2, -0.15) is 0 Å². The first-order chi connectivity index (χ1) is 13.2. The van der Waals surface area contributed by atoms with Crippen LogP contribution in [-0.2, 0) is 6.42 Å². The molecule has 1 atom stereocenters. The maximum atomic E-state index is 10.2. The van der Waals surface area contributed by atoms with E-state index in [9.17, 15) is 5.11 Å². The van der Waals surface area contributed by atoms with Gasteiger partial charge in [0, 0.05) is 17.8 Å². The van der Waals surface area contributed by atoms with Crippen molar-refractivity contribution in [3.63, 3.8) is 0 Å². The molecule has 27 heavy (non-hydrogen) atoms. The van der Waals surface area contributed by atoms with Crippen LogP contribution in [0.5, 0.6) is 5.75 Å². The number of aryl methyl sites for hydroxylation is 2. The Morgan fingerprint density at radius 3 is 2.70 bits per heavy atom. The molecule has 4 rings (SSSR count). The molecule has 0 amide bonds. The van der Waals surface area contributed by atoms with Gasteiger partial charge in [0.25, 0.3) is 0 Å². The molecule has 6 heteroatoms. The van der Waals surface area contributed by atoms with Gasteiger partial charge in [0.05, 0.1) is 0 Å². The van der Waals surface area contributed by atoms with Gasteiger partial charge in [-0.3, -0.25) is 4.57 Å². The summed E-state index contributed by atoms with van der Waals surface area (Å²) in [5.41, 5.74) is 4.19. The van der Waals surface area contributed by atoms with Gasteiger partial charge in [-0.25, -0.2) is 4.98 Å². The highest BCUT2D eigenvalue weighted by atomic mass is 16.3. The molecule has 140 valence electrons. The molecule has 0 unspecified atom stereocenters. The van der Waals surface area contributed by atoms with Crippen molar-refractivity contribution in [2.45, 2.75) is 45.1 Å². The Morgan fingerprint density at radius 2 is 1.96 bits per heavy atom. The molecule has 1 fully saturated rings. The van der Waals surface area contributed by atoms with E-state index in [1.165, 1.54) is 19.3 Å². The average molecular weight is 363 g/mol. The topological polar surface area (TPSA) is 75.9 Å². The van der Waals surface area contributed by atoms with E-state index in [1.54, 1.807) is 23.3 Å². The van der Waals surface area contributed by atoms with Crippen molar-refractivity contribution in [1.29, 1.82) is 0 Å². The van der Waals surface area contributed by atoms with E-state index in [1.807, 2.05) is 19.2 Å². The Hall–Kier alpha value is -2.73. The molecule has 6 nitrogen and oxygen atoms in total. The molecule has 0 spiro atoms. The zero-order valence-electron chi connectivity index (χ0n) is 15.6. The van der Waals surface area contributed by atoms with Crippen LogP contribution in [-0.4, -0.2) is 37.4 Å². The minimum Gasteiger partial charge on any atom is -0.508 e. The number of nitrogens with one attached hydrogen (secondary N) is 1. The van der Waals surface area contributed by atoms with Crippen molar-refractivity contribution >= 4 is 0 Å². The van der Waals surface area contributed by atoms with Crippen molar-refractivity contribution in [3.05, 3.63) is 54.2 Å². The van der Waals surface area contributed by atoms with Crippen molar-refractivity contribution < 1.29 is 5.11 Å². The second-order valence-corrected chi connectivity index (χ2v) is 7.31. The molecule has 1 saturated heterocycles. The molecule has 2 aromatic heterocycles. The molecule has 3 aromatic rings. The summed E-state index contributed by atoms with van der Waals surface area (Å²) in [6.07, 6.45) is 11.0. The van der Waals surface area contributed by atoms with Crippen LogP contribution in [0, 0.1) is 6.92 Å². The van der Waals surface area contributed by atoms with Gasteiger partial charge < -0.3 is 10.4 Å². The molecule has 0 aliphatic carbocycles. The number of nitrogens with zero attached hydrogens (tertiary/aromatic N) is 4. The summed E-state index contributed by atoms with van der Waals surface area (Å²) in [5.74, 6) is 1.12. The highest BCUT2D eigenvalue weighted by Crippen LogP contribution is 2.28. The third-order valence-electron chi connectivity index (χ3n) is 5.22. The lowest BCUT2D eigenvalue weighted by Gasteiger charge is -2.23. The van der Waals surface area contributed by atoms with Gasteiger partial charge in [-0.05, 0) is 74.0 Å². The fourth-order valence-corrected chi connectivity index (χ4v) is 3.80. The van der Waals surface area contributed by atoms with E-state index in [4.69, 9.17) is 0 Å². The number of pyridine rings is 1. The number of hydrogen-bond acceptors (Lipinski definition) is 5. The van der Waals surface area contributed by atoms with Gasteiger partial charge in [-0.1, -0.05) is 12.5 Å². The molecule has 2 N–H and O–H groups in total. The molecule has 1 aromatic carbocycles. The van der Waals surface area contributed by atoms with Crippen LogP contribution in [0.3, 0.4) is 0 Å². The minimum atomic E-state index is 0.305. The Balaban J connectivity index is 1.54. The zero-order valence-corrected chi connectivity index (χ0v) is 15.6. The fraction of sp³-hybridized carbons (Fsp3) is 0.381. The second kappa shape index (κ2) is 7.88. The summed E-state index contributed by atoms with van der Waals surface area (Å²) in [7, 11) is 0. The van der Waals surface area contributed by atoms with Crippen molar-refractivity contribution in [3.8, 4) is 22.7 Å². The standard InChI is InChI=1S/C21H25N5O/c1-15-8-18(12-23-21(15)26-13-24-25-14-26)17-9-16(10-20(27)11-17)5-6-19-4-2-3-7-22-19/h8-14,19,22,27H,2-7H2,1H3/t19-/m1/s1. The largest absolute Gasteiger partial charge is 0.508 e. The van der Waals surface area contributed by atoms with Crippen molar-refractivity contribution in [1.82, 2.24) is 25.1 Å². The fourth-order valence-electron chi connectivity index (χ4n) is 3.80. The van der Waals surface area contributed by atoms with E-state index in [-0.39, 0.29) is 0 Å². The summed E-state index contributed by atoms with van der Waals surface area (Å²) in [6, 6.07) is 8.52. The summed E-state index contributed by atoms with van der Waals surface area (Å²) >= 11 is 0. The van der Waals surface area contributed by atoms with Crippen molar-refractivity contribution in [2.24, 2.45) is 0 Å². The van der Waals surface area contributed by atoms with Gasteiger partial charge in [-0.15, -0.1) is 10.2 Å². The Morgan fingerprint density at radius 1 is 1.11 bits per heavy atom. The maximum Gasteiger partial charge on any atom is 0.142 e. The van der Waals surface area contributed by atoms with Crippen LogP contribution in [0.2, 0.25) is 0 Å². The van der Waals surface area contributed by atoms with Crippen LogP contribution in [0.1, 0.15) is 36.8 Å². The predicted molar refractivity (Wildman–Crippen MR) is 105 cm³/mol. The molecular weight excluding hydrogens is 338 g/mol. The number of phenols is 1. The number of rotatable bonds is 5. The number of aromatic hydroxyl groups is 1. The predicted octanol–water partition coefficient (Wildman–Crippen LogP) is 3.42. The van der Waals surface area contributed by atoms with Gasteiger partial charge in [0.15, 0.2) is 0 Å². The summed E-state index contributed by atoms with van der Waals surface area (Å²) in [5, 5.41) is 21.5. The first-order valence-electron chi connectivity index (χ1n) is 9.57. The van der Waals surface area contributed by atoms with Crippen LogP contribution in [0.4, 0.5) is 0 Å². The first kappa shape index (κ1) is 17.7. The smallest absolute Gasteiger partial charge is 0.142 e. The molecule has 0 saturated carbocycles. The molecule has 0 radical (unpaired) electrons. The van der Waals surface area contributed by atoms with E-state index >= 15 is 0 Å². The van der Waals surface area contributed by atoms with Crippen LogP contribution < -0.4 is 5.32 Å². The van der Waals surface area contributed by atoms with Crippen molar-refractivity contribution in [2.75, 3.05) is 6.54 Å². The second-order valence-electron chi connectivity index (χ2n) is 7.31. The van der Waals surface area contributed by atoms with E-state index in [0.29, 0.717) is 11.8 Å². The molecule has 1 aliphatic heterocycles. The van der Waals surface area contributed by atoms with Crippen LogP contribution in [0.25, 0.3) is 16.9 Å². The van der Waals surface area contributed by atoms with E-state index in [0.717, 1.165) is 47.5 Å². The van der Waals surface area contributed by atoms with Crippen LogP contribution >= 0.6 is 0 Å². The number of piperidine rings is 1. The molecule has 0 bridgehead atoms. The highest BCUT2D eigenvalue weighted by Gasteiger charge is 2.13. The third-order valence-corrected chi connectivity index (χ3v) is 5.22. The summed E-state index contributed by atoms with van der Waals surface area (Å²) in [6.45, 7) is 3.14. The third kappa shape index (κ3) is 4.17. The summed E-state index contributed by atoms with van der Waals surface area (Å²) in [4.78, 5) is 4.57. The maximum absolute atomic E-state index is 10.2. The quantitative estimate of drug-likeness (QED) is 0.726. The lowest BCUT2D eigenvalue weighted by atomic mass is 9.96. The monoisotopic (exact) mass is 363 g/mol. The Kier molecular flexibility index (Phi) is 5.16. The Bertz CT molecular complexity index is 901. The number of benzene rings is 1. The molecular formula is C21H25N5O. The number of aromatic nitrogens is 4. The minimum absolute atomic E-state index is 0.305. The van der Waals surface area contributed by atoms with Gasteiger partial charge >= 0.3 is 0 Å². The zero-order chi connectivity index (χ0) is 18.6. The highest BCUT2D eigenvalue weighted by molar-refractivity contribution is 5.67. The number of phenolic OH excluding ortho intramolecular Hbond substituents is 1.